The fraction of sp³-hybridized carbons (Fsp3) is 0.438. The van der Waals surface area contributed by atoms with E-state index in [1.807, 2.05) is 32.0 Å². The van der Waals surface area contributed by atoms with Gasteiger partial charge in [-0.15, -0.1) is 0 Å². The number of imide groups is 1. The zero-order valence-electron chi connectivity index (χ0n) is 11.8. The monoisotopic (exact) mass is 270 g/mol. The molecule has 0 bridgehead atoms. The van der Waals surface area contributed by atoms with Gasteiger partial charge in [-0.2, -0.15) is 5.26 Å². The second-order valence-electron chi connectivity index (χ2n) is 5.78. The van der Waals surface area contributed by atoms with E-state index in [1.54, 1.807) is 6.07 Å². The van der Waals surface area contributed by atoms with Gasteiger partial charge in [-0.05, 0) is 38.3 Å². The Morgan fingerprint density at radius 1 is 1.30 bits per heavy atom. The molecule has 4 heteroatoms. The van der Waals surface area contributed by atoms with Gasteiger partial charge in [0.25, 0.3) is 5.91 Å². The average molecular weight is 270 g/mol. The summed E-state index contributed by atoms with van der Waals surface area (Å²) in [6.45, 7) is 4.11. The van der Waals surface area contributed by atoms with Crippen molar-refractivity contribution in [2.75, 3.05) is 6.54 Å². The molecule has 0 aliphatic carbocycles. The fourth-order valence-corrected chi connectivity index (χ4v) is 2.36. The largest absolute Gasteiger partial charge is 0.278 e. The third kappa shape index (κ3) is 2.88. The molecule has 2 amide bonds. The van der Waals surface area contributed by atoms with Crippen LogP contribution in [0.25, 0.3) is 0 Å². The number of hydrogen-bond acceptors (Lipinski definition) is 3. The Balaban J connectivity index is 2.05. The van der Waals surface area contributed by atoms with Crippen LogP contribution in [0.1, 0.15) is 42.6 Å². The van der Waals surface area contributed by atoms with E-state index in [0.29, 0.717) is 24.9 Å². The lowest BCUT2D eigenvalue weighted by atomic mass is 9.89. The van der Waals surface area contributed by atoms with E-state index in [-0.39, 0.29) is 18.2 Å². The van der Waals surface area contributed by atoms with E-state index in [2.05, 4.69) is 6.07 Å². The number of nitrogens with zero attached hydrogens (tertiary/aromatic N) is 2. The number of amides is 2. The topological polar surface area (TPSA) is 61.2 Å². The molecule has 104 valence electrons. The molecule has 0 atom stereocenters. The van der Waals surface area contributed by atoms with E-state index in [4.69, 9.17) is 5.26 Å². The summed E-state index contributed by atoms with van der Waals surface area (Å²) >= 11 is 0. The third-order valence-electron chi connectivity index (χ3n) is 3.62. The van der Waals surface area contributed by atoms with Gasteiger partial charge in [0, 0.05) is 12.1 Å². The maximum atomic E-state index is 12.3. The van der Waals surface area contributed by atoms with Gasteiger partial charge >= 0.3 is 0 Å². The number of nitriles is 1. The third-order valence-corrected chi connectivity index (χ3v) is 3.62. The van der Waals surface area contributed by atoms with Crippen LogP contribution in [0.2, 0.25) is 0 Å². The Morgan fingerprint density at radius 3 is 2.70 bits per heavy atom. The van der Waals surface area contributed by atoms with Crippen molar-refractivity contribution < 1.29 is 9.59 Å². The van der Waals surface area contributed by atoms with Crippen molar-refractivity contribution in [2.45, 2.75) is 33.1 Å². The van der Waals surface area contributed by atoms with Crippen molar-refractivity contribution >= 4 is 11.8 Å². The zero-order valence-corrected chi connectivity index (χ0v) is 11.8. The molecule has 0 N–H and O–H groups in total. The van der Waals surface area contributed by atoms with E-state index in [1.165, 1.54) is 4.90 Å². The summed E-state index contributed by atoms with van der Waals surface area (Å²) in [6, 6.07) is 9.46. The van der Waals surface area contributed by atoms with Gasteiger partial charge in [-0.1, -0.05) is 18.2 Å². The number of carbonyl (C=O) groups excluding carboxylic acids is 2. The first-order valence-corrected chi connectivity index (χ1v) is 6.78. The molecular formula is C16H18N2O2. The van der Waals surface area contributed by atoms with Gasteiger partial charge < -0.3 is 0 Å². The van der Waals surface area contributed by atoms with E-state index >= 15 is 0 Å². The molecule has 0 aromatic heterocycles. The summed E-state index contributed by atoms with van der Waals surface area (Å²) in [6.07, 6.45) is 1.60. The first-order valence-electron chi connectivity index (χ1n) is 6.78. The highest BCUT2D eigenvalue weighted by molar-refractivity contribution is 6.09. The molecule has 0 saturated heterocycles. The lowest BCUT2D eigenvalue weighted by Gasteiger charge is -2.27. The SMILES string of the molecule is CC(C)(C#N)CCCN1C(=O)Cc2ccccc2C1=O. The second kappa shape index (κ2) is 5.46. The normalized spacial score (nSPS) is 14.9. The predicted molar refractivity (Wildman–Crippen MR) is 74.8 cm³/mol. The molecule has 0 fully saturated rings. The number of fused-ring (bicyclic) bond motifs is 1. The van der Waals surface area contributed by atoms with Crippen molar-refractivity contribution in [2.24, 2.45) is 5.41 Å². The zero-order chi connectivity index (χ0) is 14.8. The summed E-state index contributed by atoms with van der Waals surface area (Å²) in [4.78, 5) is 25.6. The Kier molecular flexibility index (Phi) is 3.89. The average Bonchev–Trinajstić information content (AvgIpc) is 2.42. The quantitative estimate of drug-likeness (QED) is 0.790. The van der Waals surface area contributed by atoms with E-state index in [0.717, 1.165) is 5.56 Å². The second-order valence-corrected chi connectivity index (χ2v) is 5.78. The first kappa shape index (κ1) is 14.3. The minimum absolute atomic E-state index is 0.150. The molecule has 1 aliphatic rings. The molecule has 2 rings (SSSR count). The van der Waals surface area contributed by atoms with Crippen LogP contribution in [0.4, 0.5) is 0 Å². The lowest BCUT2D eigenvalue weighted by molar-refractivity contribution is -0.128. The van der Waals surface area contributed by atoms with Crippen molar-refractivity contribution in [3.05, 3.63) is 35.4 Å². The molecule has 0 spiro atoms. The molecule has 20 heavy (non-hydrogen) atoms. The van der Waals surface area contributed by atoms with Gasteiger partial charge in [-0.3, -0.25) is 14.5 Å². The molecule has 1 aliphatic heterocycles. The predicted octanol–water partition coefficient (Wildman–Crippen LogP) is 2.54. The minimum Gasteiger partial charge on any atom is -0.278 e. The highest BCUT2D eigenvalue weighted by atomic mass is 16.2. The number of benzene rings is 1. The van der Waals surface area contributed by atoms with Crippen LogP contribution in [0.3, 0.4) is 0 Å². The smallest absolute Gasteiger partial charge is 0.260 e. The molecule has 0 radical (unpaired) electrons. The van der Waals surface area contributed by atoms with Gasteiger partial charge in [0.05, 0.1) is 17.9 Å². The first-order chi connectivity index (χ1) is 9.44. The summed E-state index contributed by atoms with van der Waals surface area (Å²) in [5.74, 6) is -0.366. The number of hydrogen-bond donors (Lipinski definition) is 0. The summed E-state index contributed by atoms with van der Waals surface area (Å²) in [5, 5.41) is 8.97. The Morgan fingerprint density at radius 2 is 2.00 bits per heavy atom. The lowest BCUT2D eigenvalue weighted by Crippen LogP contribution is -2.43. The molecule has 1 heterocycles. The fourth-order valence-electron chi connectivity index (χ4n) is 2.36. The molecular weight excluding hydrogens is 252 g/mol. The van der Waals surface area contributed by atoms with Crippen molar-refractivity contribution in [3.8, 4) is 6.07 Å². The van der Waals surface area contributed by atoms with E-state index < -0.39 is 5.41 Å². The van der Waals surface area contributed by atoms with Gasteiger partial charge in [0.2, 0.25) is 5.91 Å². The molecule has 4 nitrogen and oxygen atoms in total. The summed E-state index contributed by atoms with van der Waals surface area (Å²) in [5.41, 5.74) is 1.00. The van der Waals surface area contributed by atoms with Crippen LogP contribution in [0, 0.1) is 16.7 Å². The van der Waals surface area contributed by atoms with Crippen LogP contribution in [-0.4, -0.2) is 23.3 Å². The maximum absolute atomic E-state index is 12.3. The Hall–Kier alpha value is -2.15. The summed E-state index contributed by atoms with van der Waals surface area (Å²) < 4.78 is 0. The Labute approximate surface area is 119 Å². The van der Waals surface area contributed by atoms with Gasteiger partial charge in [0.15, 0.2) is 0 Å². The van der Waals surface area contributed by atoms with Crippen molar-refractivity contribution in [1.29, 1.82) is 5.26 Å². The minimum atomic E-state index is -0.417. The van der Waals surface area contributed by atoms with Crippen LogP contribution in [0.5, 0.6) is 0 Å². The highest BCUT2D eigenvalue weighted by Crippen LogP contribution is 2.23. The van der Waals surface area contributed by atoms with Gasteiger partial charge in [0.1, 0.15) is 0 Å². The number of rotatable bonds is 4. The van der Waals surface area contributed by atoms with Crippen LogP contribution >= 0.6 is 0 Å². The highest BCUT2D eigenvalue weighted by Gasteiger charge is 2.30. The van der Waals surface area contributed by atoms with Crippen LogP contribution < -0.4 is 0 Å². The number of carbonyl (C=O) groups is 2. The summed E-state index contributed by atoms with van der Waals surface area (Å²) in [7, 11) is 0. The standard InChI is InChI=1S/C16H18N2O2/c1-16(2,11-17)8-5-9-18-14(19)10-12-6-3-4-7-13(12)15(18)20/h3-4,6-7H,5,8-10H2,1-2H3. The molecule has 0 unspecified atom stereocenters. The van der Waals surface area contributed by atoms with Crippen LogP contribution in [-0.2, 0) is 11.2 Å². The van der Waals surface area contributed by atoms with Gasteiger partial charge in [-0.25, -0.2) is 0 Å². The molecule has 0 saturated carbocycles. The van der Waals surface area contributed by atoms with Crippen molar-refractivity contribution in [1.82, 2.24) is 4.90 Å². The molecule has 1 aromatic rings. The Bertz CT molecular complexity index is 584. The van der Waals surface area contributed by atoms with Crippen LogP contribution in [0.15, 0.2) is 24.3 Å². The van der Waals surface area contributed by atoms with Crippen molar-refractivity contribution in [3.63, 3.8) is 0 Å². The van der Waals surface area contributed by atoms with E-state index in [9.17, 15) is 9.59 Å². The molecule has 1 aromatic carbocycles. The maximum Gasteiger partial charge on any atom is 0.260 e.